The molecule has 1 amide bonds. The van der Waals surface area contributed by atoms with Crippen LogP contribution in [0.2, 0.25) is 5.02 Å². The minimum atomic E-state index is -0.501. The van der Waals surface area contributed by atoms with Crippen LogP contribution in [-0.4, -0.2) is 10.8 Å². The van der Waals surface area contributed by atoms with Crippen LogP contribution in [0, 0.1) is 10.1 Å². The van der Waals surface area contributed by atoms with Crippen molar-refractivity contribution in [3.63, 3.8) is 0 Å². The molecule has 3 rings (SSSR count). The summed E-state index contributed by atoms with van der Waals surface area (Å²) in [7, 11) is 0. The molecule has 6 nitrogen and oxygen atoms in total. The highest BCUT2D eigenvalue weighted by atomic mass is 35.5. The Morgan fingerprint density at radius 2 is 1.71 bits per heavy atom. The normalized spacial score (nSPS) is 11.5. The van der Waals surface area contributed by atoms with Gasteiger partial charge in [-0.25, -0.2) is 0 Å². The topological polar surface area (TPSA) is 84.3 Å². The van der Waals surface area contributed by atoms with E-state index in [-0.39, 0.29) is 17.3 Å². The lowest BCUT2D eigenvalue weighted by atomic mass is 10.1. The van der Waals surface area contributed by atoms with E-state index in [0.717, 1.165) is 5.56 Å². The highest BCUT2D eigenvalue weighted by molar-refractivity contribution is 6.30. The van der Waals surface area contributed by atoms with Gasteiger partial charge in [-0.2, -0.15) is 0 Å². The van der Waals surface area contributed by atoms with Crippen molar-refractivity contribution >= 4 is 34.6 Å². The van der Waals surface area contributed by atoms with Gasteiger partial charge in [0.1, 0.15) is 5.69 Å². The predicted octanol–water partition coefficient (Wildman–Crippen LogP) is 5.67. The fraction of sp³-hybridized carbons (Fsp3) is 0.0952. The second-order valence-corrected chi connectivity index (χ2v) is 6.66. The Morgan fingerprint density at radius 3 is 2.36 bits per heavy atom. The summed E-state index contributed by atoms with van der Waals surface area (Å²) in [5.41, 5.74) is 1.94. The molecule has 0 heterocycles. The van der Waals surface area contributed by atoms with Crippen LogP contribution in [0.15, 0.2) is 72.8 Å². The van der Waals surface area contributed by atoms with Crippen molar-refractivity contribution in [1.82, 2.24) is 0 Å². The number of carbonyl (C=O) groups excluding carboxylic acids is 1. The number of hydrogen-bond acceptors (Lipinski definition) is 4. The van der Waals surface area contributed by atoms with E-state index in [2.05, 4.69) is 10.6 Å². The van der Waals surface area contributed by atoms with Gasteiger partial charge in [-0.3, -0.25) is 14.9 Å². The van der Waals surface area contributed by atoms with Crippen LogP contribution >= 0.6 is 11.6 Å². The van der Waals surface area contributed by atoms with Crippen molar-refractivity contribution in [2.45, 2.75) is 13.0 Å². The number of nitrogens with zero attached hydrogens (tertiary/aromatic N) is 1. The zero-order valence-corrected chi connectivity index (χ0v) is 15.8. The molecule has 0 bridgehead atoms. The number of hydrogen-bond donors (Lipinski definition) is 2. The summed E-state index contributed by atoms with van der Waals surface area (Å²) in [5, 5.41) is 17.9. The molecule has 0 aliphatic carbocycles. The van der Waals surface area contributed by atoms with Crippen LogP contribution < -0.4 is 10.6 Å². The quantitative estimate of drug-likeness (QED) is 0.415. The third-order valence-corrected chi connectivity index (χ3v) is 4.48. The highest BCUT2D eigenvalue weighted by Crippen LogP contribution is 2.29. The SMILES string of the molecule is C[C@@H](Nc1ccc(C(=O)Nc2ccc(Cl)cc2)cc1[N+](=O)[O-])c1ccccc1. The smallest absolute Gasteiger partial charge is 0.293 e. The molecule has 28 heavy (non-hydrogen) atoms. The lowest BCUT2D eigenvalue weighted by Crippen LogP contribution is -2.13. The molecule has 0 aliphatic heterocycles. The summed E-state index contributed by atoms with van der Waals surface area (Å²) in [4.78, 5) is 23.5. The summed E-state index contributed by atoms with van der Waals surface area (Å²) in [6, 6.07) is 20.5. The molecule has 142 valence electrons. The molecule has 3 aromatic rings. The number of nitrogens with one attached hydrogen (secondary N) is 2. The minimum absolute atomic E-state index is 0.131. The maximum Gasteiger partial charge on any atom is 0.293 e. The van der Waals surface area contributed by atoms with Crippen LogP contribution in [0.25, 0.3) is 0 Å². The summed E-state index contributed by atoms with van der Waals surface area (Å²) in [6.07, 6.45) is 0. The molecule has 0 radical (unpaired) electrons. The first-order chi connectivity index (χ1) is 13.4. The van der Waals surface area contributed by atoms with Gasteiger partial charge in [-0.15, -0.1) is 0 Å². The molecule has 0 unspecified atom stereocenters. The molecule has 0 saturated heterocycles. The largest absolute Gasteiger partial charge is 0.373 e. The van der Waals surface area contributed by atoms with Gasteiger partial charge < -0.3 is 10.6 Å². The Morgan fingerprint density at radius 1 is 1.04 bits per heavy atom. The van der Waals surface area contributed by atoms with E-state index in [4.69, 9.17) is 11.6 Å². The van der Waals surface area contributed by atoms with E-state index < -0.39 is 10.8 Å². The second kappa shape index (κ2) is 8.54. The molecule has 7 heteroatoms. The first-order valence-electron chi connectivity index (χ1n) is 8.61. The molecular weight excluding hydrogens is 378 g/mol. The summed E-state index contributed by atoms with van der Waals surface area (Å²) in [6.45, 7) is 1.92. The maximum absolute atomic E-state index is 12.4. The molecule has 0 fully saturated rings. The van der Waals surface area contributed by atoms with Gasteiger partial charge in [0.25, 0.3) is 11.6 Å². The predicted molar refractivity (Wildman–Crippen MR) is 111 cm³/mol. The molecule has 0 aliphatic rings. The Hall–Kier alpha value is -3.38. The Labute approximate surface area is 167 Å². The zero-order chi connectivity index (χ0) is 20.1. The lowest BCUT2D eigenvalue weighted by Gasteiger charge is -2.16. The number of carbonyl (C=O) groups is 1. The van der Waals surface area contributed by atoms with Gasteiger partial charge in [0, 0.05) is 28.4 Å². The van der Waals surface area contributed by atoms with Crippen molar-refractivity contribution in [3.05, 3.63) is 99.1 Å². The van der Waals surface area contributed by atoms with Crippen LogP contribution in [0.5, 0.6) is 0 Å². The van der Waals surface area contributed by atoms with Crippen molar-refractivity contribution in [2.24, 2.45) is 0 Å². The minimum Gasteiger partial charge on any atom is -0.373 e. The first-order valence-corrected chi connectivity index (χ1v) is 8.98. The Kier molecular flexibility index (Phi) is 5.91. The van der Waals surface area contributed by atoms with E-state index in [1.54, 1.807) is 36.4 Å². The molecular formula is C21H18ClN3O3. The molecule has 1 atom stereocenters. The fourth-order valence-electron chi connectivity index (χ4n) is 2.74. The van der Waals surface area contributed by atoms with Crippen molar-refractivity contribution in [3.8, 4) is 0 Å². The van der Waals surface area contributed by atoms with Crippen LogP contribution in [0.1, 0.15) is 28.9 Å². The first kappa shape index (κ1) is 19.4. The number of nitro groups is 1. The molecule has 0 aromatic heterocycles. The summed E-state index contributed by atoms with van der Waals surface area (Å²) < 4.78 is 0. The van der Waals surface area contributed by atoms with Crippen LogP contribution in [0.4, 0.5) is 17.1 Å². The van der Waals surface area contributed by atoms with Crippen molar-refractivity contribution in [2.75, 3.05) is 10.6 Å². The van der Waals surface area contributed by atoms with Crippen LogP contribution in [-0.2, 0) is 0 Å². The monoisotopic (exact) mass is 395 g/mol. The van der Waals surface area contributed by atoms with Gasteiger partial charge in [0.15, 0.2) is 0 Å². The summed E-state index contributed by atoms with van der Waals surface area (Å²) >= 11 is 5.83. The lowest BCUT2D eigenvalue weighted by molar-refractivity contribution is -0.384. The van der Waals surface area contributed by atoms with Crippen molar-refractivity contribution < 1.29 is 9.72 Å². The maximum atomic E-state index is 12.4. The fourth-order valence-corrected chi connectivity index (χ4v) is 2.87. The number of rotatable bonds is 6. The average molecular weight is 396 g/mol. The van der Waals surface area contributed by atoms with Gasteiger partial charge in [-0.1, -0.05) is 41.9 Å². The third kappa shape index (κ3) is 4.66. The Bertz CT molecular complexity index is 992. The van der Waals surface area contributed by atoms with Crippen molar-refractivity contribution in [1.29, 1.82) is 0 Å². The molecule has 3 aromatic carbocycles. The summed E-state index contributed by atoms with van der Waals surface area (Å²) in [5.74, 6) is -0.437. The van der Waals surface area contributed by atoms with Crippen LogP contribution in [0.3, 0.4) is 0 Å². The Balaban J connectivity index is 1.81. The standard InChI is InChI=1S/C21H18ClN3O3/c1-14(15-5-3-2-4-6-15)23-19-12-7-16(13-20(19)25(27)28)21(26)24-18-10-8-17(22)9-11-18/h2-14,23H,1H3,(H,24,26)/t14-/m1/s1. The third-order valence-electron chi connectivity index (χ3n) is 4.23. The number of nitro benzene ring substituents is 1. The van der Waals surface area contributed by atoms with Gasteiger partial charge in [0.2, 0.25) is 0 Å². The number of halogens is 1. The van der Waals surface area contributed by atoms with E-state index in [9.17, 15) is 14.9 Å². The number of anilines is 2. The molecule has 2 N–H and O–H groups in total. The zero-order valence-electron chi connectivity index (χ0n) is 15.1. The van der Waals surface area contributed by atoms with E-state index in [1.807, 2.05) is 37.3 Å². The van der Waals surface area contributed by atoms with E-state index in [0.29, 0.717) is 16.4 Å². The van der Waals surface area contributed by atoms with Gasteiger partial charge >= 0.3 is 0 Å². The number of benzene rings is 3. The van der Waals surface area contributed by atoms with E-state index >= 15 is 0 Å². The highest BCUT2D eigenvalue weighted by Gasteiger charge is 2.19. The van der Waals surface area contributed by atoms with Gasteiger partial charge in [-0.05, 0) is 48.9 Å². The van der Waals surface area contributed by atoms with E-state index in [1.165, 1.54) is 6.07 Å². The molecule has 0 spiro atoms. The second-order valence-electron chi connectivity index (χ2n) is 6.23. The molecule has 0 saturated carbocycles. The van der Waals surface area contributed by atoms with Gasteiger partial charge in [0.05, 0.1) is 4.92 Å². The number of amides is 1. The average Bonchev–Trinajstić information content (AvgIpc) is 2.70.